The van der Waals surface area contributed by atoms with Crippen LogP contribution in [0.1, 0.15) is 29.5 Å². The molecule has 1 unspecified atom stereocenters. The van der Waals surface area contributed by atoms with Gasteiger partial charge in [-0.05, 0) is 81.7 Å². The molecular weight excluding hydrogens is 384 g/mol. The minimum atomic E-state index is -0.0301. The first kappa shape index (κ1) is 21.4. The number of urea groups is 1. The summed E-state index contributed by atoms with van der Waals surface area (Å²) in [5, 5.41) is 3.06. The van der Waals surface area contributed by atoms with Crippen LogP contribution in [0.4, 0.5) is 16.2 Å². The number of hydrogen-bond donors (Lipinski definition) is 1. The maximum atomic E-state index is 12.8. The van der Waals surface area contributed by atoms with Crippen LogP contribution in [0.3, 0.4) is 0 Å². The van der Waals surface area contributed by atoms with Crippen LogP contribution in [0.2, 0.25) is 0 Å². The molecule has 164 valence electrons. The molecule has 2 amide bonds. The lowest BCUT2D eigenvalue weighted by molar-refractivity contribution is 0.217. The maximum Gasteiger partial charge on any atom is 0.322 e. The summed E-state index contributed by atoms with van der Waals surface area (Å²) >= 11 is 0. The van der Waals surface area contributed by atoms with E-state index in [1.165, 1.54) is 34.4 Å². The van der Waals surface area contributed by atoms with Crippen molar-refractivity contribution in [2.75, 3.05) is 50.5 Å². The van der Waals surface area contributed by atoms with Crippen molar-refractivity contribution in [2.45, 2.75) is 32.7 Å². The molecule has 1 atom stereocenters. The Bertz CT molecular complexity index is 964. The van der Waals surface area contributed by atoms with Crippen LogP contribution < -0.4 is 10.2 Å². The van der Waals surface area contributed by atoms with E-state index in [4.69, 9.17) is 0 Å². The topological polar surface area (TPSA) is 38.8 Å². The van der Waals surface area contributed by atoms with Gasteiger partial charge in [0.05, 0.1) is 0 Å². The second-order valence-electron chi connectivity index (χ2n) is 9.07. The van der Waals surface area contributed by atoms with Gasteiger partial charge < -0.3 is 20.0 Å². The van der Waals surface area contributed by atoms with Gasteiger partial charge in [0.2, 0.25) is 0 Å². The largest absolute Gasteiger partial charge is 0.370 e. The first-order chi connectivity index (χ1) is 14.9. The number of anilines is 2. The van der Waals surface area contributed by atoms with Crippen LogP contribution in [0.25, 0.3) is 5.57 Å². The summed E-state index contributed by atoms with van der Waals surface area (Å²) in [6, 6.07) is 15.4. The van der Waals surface area contributed by atoms with Gasteiger partial charge in [-0.2, -0.15) is 0 Å². The predicted molar refractivity (Wildman–Crippen MR) is 130 cm³/mol. The van der Waals surface area contributed by atoms with Gasteiger partial charge in [-0.25, -0.2) is 4.79 Å². The summed E-state index contributed by atoms with van der Waals surface area (Å²) in [7, 11) is 4.29. The maximum absolute atomic E-state index is 12.8. The summed E-state index contributed by atoms with van der Waals surface area (Å²) in [4.78, 5) is 19.3. The minimum Gasteiger partial charge on any atom is -0.370 e. The standard InChI is InChI=1S/C26H34N4O/c1-19-5-10-25(20(2)17-19)21-11-14-29(15-12-21)26(31)27-22-6-8-23(9-7-22)30-16-13-24(18-30)28(3)4/h5-11,17,24H,12-16,18H2,1-4H3,(H,27,31). The van der Waals surface area contributed by atoms with Crippen molar-refractivity contribution in [1.29, 1.82) is 0 Å². The van der Waals surface area contributed by atoms with Crippen molar-refractivity contribution in [3.05, 3.63) is 65.2 Å². The van der Waals surface area contributed by atoms with E-state index < -0.39 is 0 Å². The molecule has 1 N–H and O–H groups in total. The Hall–Kier alpha value is -2.79. The van der Waals surface area contributed by atoms with Gasteiger partial charge in [0.15, 0.2) is 0 Å². The van der Waals surface area contributed by atoms with Gasteiger partial charge in [0.1, 0.15) is 0 Å². The molecule has 4 rings (SSSR count). The molecule has 2 aromatic rings. The number of carbonyl (C=O) groups is 1. The van der Waals surface area contributed by atoms with Gasteiger partial charge in [-0.3, -0.25) is 0 Å². The number of likely N-dealkylation sites (N-methyl/N-ethyl adjacent to an activating group) is 1. The van der Waals surface area contributed by atoms with Crippen LogP contribution in [0.15, 0.2) is 48.5 Å². The molecule has 5 heteroatoms. The number of benzene rings is 2. The number of nitrogens with one attached hydrogen (secondary N) is 1. The monoisotopic (exact) mass is 418 g/mol. The van der Waals surface area contributed by atoms with Crippen LogP contribution in [0, 0.1) is 13.8 Å². The van der Waals surface area contributed by atoms with Crippen molar-refractivity contribution >= 4 is 23.0 Å². The van der Waals surface area contributed by atoms with Gasteiger partial charge in [-0.1, -0.05) is 29.8 Å². The molecule has 0 aromatic heterocycles. The molecule has 1 saturated heterocycles. The Labute approximate surface area is 186 Å². The van der Waals surface area contributed by atoms with Crippen LogP contribution >= 0.6 is 0 Å². The third-order valence-electron chi connectivity index (χ3n) is 6.60. The average Bonchev–Trinajstić information content (AvgIpc) is 3.25. The van der Waals surface area contributed by atoms with E-state index in [-0.39, 0.29) is 6.03 Å². The first-order valence-electron chi connectivity index (χ1n) is 11.2. The van der Waals surface area contributed by atoms with Gasteiger partial charge in [-0.15, -0.1) is 0 Å². The normalized spacial score (nSPS) is 19.0. The lowest BCUT2D eigenvalue weighted by Gasteiger charge is -2.27. The number of nitrogens with zero attached hydrogens (tertiary/aromatic N) is 3. The fraction of sp³-hybridized carbons (Fsp3) is 0.423. The van der Waals surface area contributed by atoms with Crippen molar-refractivity contribution in [3.8, 4) is 0 Å². The molecule has 0 radical (unpaired) electrons. The first-order valence-corrected chi connectivity index (χ1v) is 11.2. The van der Waals surface area contributed by atoms with Crippen molar-refractivity contribution in [3.63, 3.8) is 0 Å². The fourth-order valence-electron chi connectivity index (χ4n) is 4.63. The summed E-state index contributed by atoms with van der Waals surface area (Å²) in [6.45, 7) is 7.80. The Balaban J connectivity index is 1.33. The van der Waals surface area contributed by atoms with E-state index in [1.807, 2.05) is 17.0 Å². The van der Waals surface area contributed by atoms with Gasteiger partial charge >= 0.3 is 6.03 Å². The Morgan fingerprint density at radius 2 is 1.84 bits per heavy atom. The SMILES string of the molecule is Cc1ccc(C2=CCN(C(=O)Nc3ccc(N4CCC(N(C)C)C4)cc3)CC2)c(C)c1. The summed E-state index contributed by atoms with van der Waals surface area (Å²) in [5.41, 5.74) is 7.31. The lowest BCUT2D eigenvalue weighted by Crippen LogP contribution is -2.37. The number of aryl methyl sites for hydroxylation is 2. The highest BCUT2D eigenvalue weighted by atomic mass is 16.2. The number of rotatable bonds is 4. The molecule has 2 aliphatic rings. The predicted octanol–water partition coefficient (Wildman–Crippen LogP) is 4.76. The highest BCUT2D eigenvalue weighted by Gasteiger charge is 2.24. The second kappa shape index (κ2) is 9.15. The van der Waals surface area contributed by atoms with E-state index in [1.54, 1.807) is 0 Å². The summed E-state index contributed by atoms with van der Waals surface area (Å²) in [5.74, 6) is 0. The zero-order valence-corrected chi connectivity index (χ0v) is 19.2. The molecule has 2 heterocycles. The molecule has 5 nitrogen and oxygen atoms in total. The van der Waals surface area contributed by atoms with E-state index in [0.717, 1.165) is 31.7 Å². The smallest absolute Gasteiger partial charge is 0.322 e. The fourth-order valence-corrected chi connectivity index (χ4v) is 4.63. The molecule has 1 fully saturated rings. The van der Waals surface area contributed by atoms with Crippen LogP contribution in [-0.4, -0.2) is 62.1 Å². The number of carbonyl (C=O) groups excluding carboxylic acids is 1. The van der Waals surface area contributed by atoms with E-state index in [0.29, 0.717) is 12.6 Å². The van der Waals surface area contributed by atoms with Crippen LogP contribution in [0.5, 0.6) is 0 Å². The Morgan fingerprint density at radius 3 is 2.45 bits per heavy atom. The molecule has 2 aromatic carbocycles. The minimum absolute atomic E-state index is 0.0301. The van der Waals surface area contributed by atoms with Gasteiger partial charge in [0, 0.05) is 43.6 Å². The zero-order chi connectivity index (χ0) is 22.0. The Morgan fingerprint density at radius 1 is 1.06 bits per heavy atom. The lowest BCUT2D eigenvalue weighted by atomic mass is 9.94. The van der Waals surface area contributed by atoms with E-state index in [9.17, 15) is 4.79 Å². The third kappa shape index (κ3) is 4.93. The average molecular weight is 419 g/mol. The highest BCUT2D eigenvalue weighted by molar-refractivity contribution is 5.90. The molecule has 31 heavy (non-hydrogen) atoms. The molecule has 0 bridgehead atoms. The Kier molecular flexibility index (Phi) is 6.33. The van der Waals surface area contributed by atoms with Crippen LogP contribution in [-0.2, 0) is 0 Å². The van der Waals surface area contributed by atoms with E-state index >= 15 is 0 Å². The highest BCUT2D eigenvalue weighted by Crippen LogP contribution is 2.27. The molecule has 0 aliphatic carbocycles. The molecule has 0 spiro atoms. The third-order valence-corrected chi connectivity index (χ3v) is 6.60. The summed E-state index contributed by atoms with van der Waals surface area (Å²) in [6.07, 6.45) is 4.27. The van der Waals surface area contributed by atoms with Gasteiger partial charge in [0.25, 0.3) is 0 Å². The molecule has 2 aliphatic heterocycles. The summed E-state index contributed by atoms with van der Waals surface area (Å²) < 4.78 is 0. The van der Waals surface area contributed by atoms with E-state index in [2.05, 4.69) is 79.5 Å². The second-order valence-corrected chi connectivity index (χ2v) is 9.07. The van der Waals surface area contributed by atoms with Crippen molar-refractivity contribution in [1.82, 2.24) is 9.80 Å². The number of amides is 2. The molecule has 0 saturated carbocycles. The number of hydrogen-bond acceptors (Lipinski definition) is 3. The zero-order valence-electron chi connectivity index (χ0n) is 19.2. The van der Waals surface area contributed by atoms with Crippen molar-refractivity contribution < 1.29 is 4.79 Å². The van der Waals surface area contributed by atoms with Crippen molar-refractivity contribution in [2.24, 2.45) is 0 Å². The quantitative estimate of drug-likeness (QED) is 0.778. The molecular formula is C26H34N4O.